The number of rotatable bonds is 0. The minimum atomic E-state index is -1.29. The SMILES string of the molecule is Cc1c(F)cc2c(c1F)C(F)CC(C)C2. The Labute approximate surface area is 87.1 Å². The van der Waals surface area contributed by atoms with E-state index in [2.05, 4.69) is 0 Å². The van der Waals surface area contributed by atoms with Crippen LogP contribution in [0.15, 0.2) is 6.07 Å². The largest absolute Gasteiger partial charge is 0.242 e. The van der Waals surface area contributed by atoms with E-state index < -0.39 is 17.8 Å². The molecule has 15 heavy (non-hydrogen) atoms. The molecule has 0 bridgehead atoms. The molecule has 1 aromatic rings. The van der Waals surface area contributed by atoms with E-state index >= 15 is 0 Å². The first kappa shape index (κ1) is 10.5. The zero-order chi connectivity index (χ0) is 11.2. The number of hydrogen-bond acceptors (Lipinski definition) is 0. The molecule has 0 N–H and O–H groups in total. The highest BCUT2D eigenvalue weighted by molar-refractivity contribution is 5.38. The summed E-state index contributed by atoms with van der Waals surface area (Å²) in [4.78, 5) is 0. The quantitative estimate of drug-likeness (QED) is 0.615. The van der Waals surface area contributed by atoms with Crippen LogP contribution in [0.3, 0.4) is 0 Å². The zero-order valence-corrected chi connectivity index (χ0v) is 8.78. The molecular weight excluding hydrogens is 201 g/mol. The van der Waals surface area contributed by atoms with Gasteiger partial charge in [0.25, 0.3) is 0 Å². The van der Waals surface area contributed by atoms with Crippen LogP contribution in [0.5, 0.6) is 0 Å². The van der Waals surface area contributed by atoms with Gasteiger partial charge in [-0.15, -0.1) is 0 Å². The first-order valence-electron chi connectivity index (χ1n) is 5.12. The maximum atomic E-state index is 13.6. The molecule has 0 heterocycles. The predicted octanol–water partition coefficient (Wildman–Crippen LogP) is 3.87. The second kappa shape index (κ2) is 3.54. The molecule has 2 atom stereocenters. The van der Waals surface area contributed by atoms with Crippen molar-refractivity contribution in [3.8, 4) is 0 Å². The number of alkyl halides is 1. The summed E-state index contributed by atoms with van der Waals surface area (Å²) in [6, 6.07) is 1.27. The minimum Gasteiger partial charge on any atom is -0.242 e. The van der Waals surface area contributed by atoms with E-state index in [9.17, 15) is 13.2 Å². The average Bonchev–Trinajstić information content (AvgIpc) is 2.13. The van der Waals surface area contributed by atoms with Gasteiger partial charge in [-0.05, 0) is 37.3 Å². The van der Waals surface area contributed by atoms with Crippen molar-refractivity contribution in [3.63, 3.8) is 0 Å². The second-order valence-corrected chi connectivity index (χ2v) is 4.38. The number of fused-ring (bicyclic) bond motifs is 1. The fraction of sp³-hybridized carbons (Fsp3) is 0.500. The van der Waals surface area contributed by atoms with Gasteiger partial charge >= 0.3 is 0 Å². The molecule has 82 valence electrons. The van der Waals surface area contributed by atoms with Gasteiger partial charge in [-0.1, -0.05) is 6.92 Å². The molecule has 2 unspecified atom stereocenters. The van der Waals surface area contributed by atoms with Crippen LogP contribution in [-0.4, -0.2) is 0 Å². The third kappa shape index (κ3) is 1.64. The van der Waals surface area contributed by atoms with Crippen LogP contribution in [0.2, 0.25) is 0 Å². The highest BCUT2D eigenvalue weighted by atomic mass is 19.1. The molecule has 0 radical (unpaired) electrons. The van der Waals surface area contributed by atoms with Crippen molar-refractivity contribution in [2.45, 2.75) is 32.9 Å². The monoisotopic (exact) mass is 214 g/mol. The Balaban J connectivity index is 2.60. The van der Waals surface area contributed by atoms with E-state index in [0.717, 1.165) is 0 Å². The fourth-order valence-corrected chi connectivity index (χ4v) is 2.22. The highest BCUT2D eigenvalue weighted by Gasteiger charge is 2.29. The lowest BCUT2D eigenvalue weighted by Gasteiger charge is -2.26. The Morgan fingerprint density at radius 3 is 2.67 bits per heavy atom. The van der Waals surface area contributed by atoms with Crippen LogP contribution in [0, 0.1) is 24.5 Å². The first-order valence-corrected chi connectivity index (χ1v) is 5.12. The Hall–Kier alpha value is -0.990. The summed E-state index contributed by atoms with van der Waals surface area (Å²) < 4.78 is 40.5. The molecular formula is C12H13F3. The standard InChI is InChI=1S/C12H13F3/c1-6-3-8-5-9(13)7(2)12(15)11(8)10(14)4-6/h5-6,10H,3-4H2,1-2H3. The lowest BCUT2D eigenvalue weighted by atomic mass is 9.82. The summed E-state index contributed by atoms with van der Waals surface area (Å²) in [5.41, 5.74) is 0.486. The van der Waals surface area contributed by atoms with Gasteiger partial charge in [0, 0.05) is 11.1 Å². The average molecular weight is 214 g/mol. The smallest absolute Gasteiger partial charge is 0.135 e. The van der Waals surface area contributed by atoms with E-state index in [4.69, 9.17) is 0 Å². The summed E-state index contributed by atoms with van der Waals surface area (Å²) in [5.74, 6) is -1.13. The van der Waals surface area contributed by atoms with Gasteiger partial charge in [0.2, 0.25) is 0 Å². The Morgan fingerprint density at radius 1 is 1.33 bits per heavy atom. The maximum Gasteiger partial charge on any atom is 0.135 e. The lowest BCUT2D eigenvalue weighted by Crippen LogP contribution is -2.17. The van der Waals surface area contributed by atoms with E-state index in [1.54, 1.807) is 0 Å². The van der Waals surface area contributed by atoms with Crippen LogP contribution < -0.4 is 0 Å². The van der Waals surface area contributed by atoms with Crippen LogP contribution in [-0.2, 0) is 6.42 Å². The van der Waals surface area contributed by atoms with Gasteiger partial charge in [-0.25, -0.2) is 13.2 Å². The Kier molecular flexibility index (Phi) is 2.49. The van der Waals surface area contributed by atoms with Crippen LogP contribution in [0.4, 0.5) is 13.2 Å². The van der Waals surface area contributed by atoms with E-state index in [0.29, 0.717) is 18.4 Å². The lowest BCUT2D eigenvalue weighted by molar-refractivity contribution is 0.252. The fourth-order valence-electron chi connectivity index (χ4n) is 2.22. The molecule has 0 aliphatic heterocycles. The first-order chi connectivity index (χ1) is 7.00. The molecule has 0 saturated heterocycles. The summed E-state index contributed by atoms with van der Waals surface area (Å²) in [5, 5.41) is 0. The summed E-state index contributed by atoms with van der Waals surface area (Å²) in [6.45, 7) is 3.24. The molecule has 0 spiro atoms. The van der Waals surface area contributed by atoms with Crippen LogP contribution in [0.25, 0.3) is 0 Å². The summed E-state index contributed by atoms with van der Waals surface area (Å²) in [7, 11) is 0. The maximum absolute atomic E-state index is 13.6. The molecule has 1 aliphatic rings. The van der Waals surface area contributed by atoms with Crippen LogP contribution in [0.1, 0.15) is 36.2 Å². The molecule has 1 aliphatic carbocycles. The third-order valence-corrected chi connectivity index (χ3v) is 3.06. The van der Waals surface area contributed by atoms with Gasteiger partial charge in [-0.3, -0.25) is 0 Å². The van der Waals surface area contributed by atoms with Crippen molar-refractivity contribution in [2.75, 3.05) is 0 Å². The number of hydrogen-bond donors (Lipinski definition) is 0. The predicted molar refractivity (Wildman–Crippen MR) is 52.4 cm³/mol. The van der Waals surface area contributed by atoms with Crippen molar-refractivity contribution < 1.29 is 13.2 Å². The van der Waals surface area contributed by atoms with Gasteiger partial charge in [0.05, 0.1) is 0 Å². The molecule has 0 aromatic heterocycles. The minimum absolute atomic E-state index is 0.0759. The zero-order valence-electron chi connectivity index (χ0n) is 8.78. The molecule has 1 aromatic carbocycles. The summed E-state index contributed by atoms with van der Waals surface area (Å²) in [6.07, 6.45) is -0.401. The van der Waals surface area contributed by atoms with Crippen LogP contribution >= 0.6 is 0 Å². The third-order valence-electron chi connectivity index (χ3n) is 3.06. The van der Waals surface area contributed by atoms with Crippen molar-refractivity contribution in [2.24, 2.45) is 5.92 Å². The summed E-state index contributed by atoms with van der Waals surface area (Å²) >= 11 is 0. The molecule has 0 fully saturated rings. The topological polar surface area (TPSA) is 0 Å². The van der Waals surface area contributed by atoms with Crippen molar-refractivity contribution in [3.05, 3.63) is 34.4 Å². The van der Waals surface area contributed by atoms with E-state index in [-0.39, 0.29) is 17.0 Å². The van der Waals surface area contributed by atoms with Crippen molar-refractivity contribution in [1.82, 2.24) is 0 Å². The van der Waals surface area contributed by atoms with Crippen molar-refractivity contribution >= 4 is 0 Å². The number of halogens is 3. The Morgan fingerprint density at radius 2 is 2.00 bits per heavy atom. The molecule has 0 nitrogen and oxygen atoms in total. The molecule has 0 amide bonds. The number of benzene rings is 1. The van der Waals surface area contributed by atoms with Gasteiger partial charge in [-0.2, -0.15) is 0 Å². The molecule has 2 rings (SSSR count). The van der Waals surface area contributed by atoms with Gasteiger partial charge in [0.15, 0.2) is 0 Å². The Bertz CT molecular complexity index is 398. The van der Waals surface area contributed by atoms with Crippen molar-refractivity contribution in [1.29, 1.82) is 0 Å². The second-order valence-electron chi connectivity index (χ2n) is 4.38. The van der Waals surface area contributed by atoms with Gasteiger partial charge in [0.1, 0.15) is 17.8 Å². The van der Waals surface area contributed by atoms with E-state index in [1.807, 2.05) is 6.92 Å². The molecule has 0 saturated carbocycles. The normalized spacial score (nSPS) is 25.1. The molecule has 3 heteroatoms. The van der Waals surface area contributed by atoms with Gasteiger partial charge < -0.3 is 0 Å². The highest BCUT2D eigenvalue weighted by Crippen LogP contribution is 2.38. The van der Waals surface area contributed by atoms with E-state index in [1.165, 1.54) is 13.0 Å².